The van der Waals surface area contributed by atoms with Crippen molar-refractivity contribution in [1.29, 1.82) is 0 Å². The molecule has 1 aromatic rings. The van der Waals surface area contributed by atoms with E-state index in [2.05, 4.69) is 37.4 Å². The molecule has 0 atom stereocenters. The maximum atomic E-state index is 12.1. The summed E-state index contributed by atoms with van der Waals surface area (Å²) in [6, 6.07) is 8.02. The Kier molecular flexibility index (Phi) is 6.19. The molecule has 0 unspecified atom stereocenters. The highest BCUT2D eigenvalue weighted by molar-refractivity contribution is 5.97. The van der Waals surface area contributed by atoms with Crippen LogP contribution in [0.4, 0.5) is 0 Å². The topological polar surface area (TPSA) is 29.1 Å². The van der Waals surface area contributed by atoms with Crippen molar-refractivity contribution in [3.8, 4) is 0 Å². The van der Waals surface area contributed by atoms with Crippen molar-refractivity contribution in [2.45, 2.75) is 51.9 Å². The van der Waals surface area contributed by atoms with E-state index in [0.29, 0.717) is 12.5 Å². The van der Waals surface area contributed by atoms with E-state index in [-0.39, 0.29) is 5.78 Å². The van der Waals surface area contributed by atoms with Gasteiger partial charge in [-0.25, -0.2) is 0 Å². The maximum Gasteiger partial charge on any atom is 0.176 e. The smallest absolute Gasteiger partial charge is 0.176 e. The van der Waals surface area contributed by atoms with Crippen molar-refractivity contribution in [2.75, 3.05) is 13.1 Å². The second kappa shape index (κ2) is 8.14. The number of nitrogens with one attached hydrogen (secondary N) is 1. The zero-order valence-electron chi connectivity index (χ0n) is 13.3. The van der Waals surface area contributed by atoms with Crippen LogP contribution in [0.5, 0.6) is 0 Å². The van der Waals surface area contributed by atoms with Crippen molar-refractivity contribution in [2.24, 2.45) is 0 Å². The van der Waals surface area contributed by atoms with Gasteiger partial charge in [-0.2, -0.15) is 0 Å². The third-order valence-electron chi connectivity index (χ3n) is 4.19. The lowest BCUT2D eigenvalue weighted by Gasteiger charge is -2.12. The zero-order valence-corrected chi connectivity index (χ0v) is 13.3. The van der Waals surface area contributed by atoms with Gasteiger partial charge in [0.05, 0.1) is 6.54 Å². The molecule has 0 aromatic heterocycles. The van der Waals surface area contributed by atoms with Crippen molar-refractivity contribution < 1.29 is 4.79 Å². The normalized spacial score (nSPS) is 15.1. The molecule has 1 N–H and O–H groups in total. The van der Waals surface area contributed by atoms with Crippen LogP contribution in [0.3, 0.4) is 0 Å². The van der Waals surface area contributed by atoms with E-state index in [0.717, 1.165) is 18.5 Å². The van der Waals surface area contributed by atoms with E-state index in [1.54, 1.807) is 5.57 Å². The molecule has 0 amide bonds. The van der Waals surface area contributed by atoms with Crippen LogP contribution in [-0.2, 0) is 0 Å². The Labute approximate surface area is 128 Å². The Morgan fingerprint density at radius 3 is 2.57 bits per heavy atom. The average molecular weight is 285 g/mol. The molecule has 1 aromatic carbocycles. The van der Waals surface area contributed by atoms with Gasteiger partial charge in [0.2, 0.25) is 0 Å². The summed E-state index contributed by atoms with van der Waals surface area (Å²) in [5.41, 5.74) is 3.65. The summed E-state index contributed by atoms with van der Waals surface area (Å²) >= 11 is 0. The van der Waals surface area contributed by atoms with E-state index in [1.807, 2.05) is 12.1 Å². The number of rotatable bonds is 7. The number of Topliss-reactive ketones (excluding diaryl/α,β-unsaturated/α-hetero) is 1. The van der Waals surface area contributed by atoms with E-state index in [9.17, 15) is 4.79 Å². The first-order valence-electron chi connectivity index (χ1n) is 8.18. The molecule has 0 radical (unpaired) electrons. The Morgan fingerprint density at radius 2 is 1.95 bits per heavy atom. The molecule has 0 aliphatic heterocycles. The third-order valence-corrected chi connectivity index (χ3v) is 4.19. The molecule has 0 saturated carbocycles. The largest absolute Gasteiger partial charge is 0.309 e. The van der Waals surface area contributed by atoms with Gasteiger partial charge >= 0.3 is 0 Å². The second-order valence-electron chi connectivity index (χ2n) is 6.23. The lowest BCUT2D eigenvalue weighted by Crippen LogP contribution is -2.24. The number of hydrogen-bond acceptors (Lipinski definition) is 2. The highest BCUT2D eigenvalue weighted by Gasteiger charge is 2.07. The first-order chi connectivity index (χ1) is 10.2. The van der Waals surface area contributed by atoms with E-state index in [1.165, 1.54) is 31.2 Å². The quantitative estimate of drug-likeness (QED) is 0.455. The number of ketones is 1. The predicted molar refractivity (Wildman–Crippen MR) is 88.9 cm³/mol. The summed E-state index contributed by atoms with van der Waals surface area (Å²) in [5, 5.41) is 3.28. The Balaban J connectivity index is 1.72. The molecule has 0 heterocycles. The van der Waals surface area contributed by atoms with Crippen LogP contribution in [0.25, 0.3) is 0 Å². The molecule has 1 aliphatic carbocycles. The summed E-state index contributed by atoms with van der Waals surface area (Å²) in [7, 11) is 0. The number of benzene rings is 1. The molecule has 21 heavy (non-hydrogen) atoms. The molecule has 114 valence electrons. The van der Waals surface area contributed by atoms with Crippen LogP contribution in [0.1, 0.15) is 67.8 Å². The summed E-state index contributed by atoms with van der Waals surface area (Å²) in [6.07, 6.45) is 8.59. The molecule has 0 saturated heterocycles. The fourth-order valence-electron chi connectivity index (χ4n) is 2.74. The Morgan fingerprint density at radius 1 is 1.19 bits per heavy atom. The van der Waals surface area contributed by atoms with Gasteiger partial charge in [-0.05, 0) is 50.1 Å². The third kappa shape index (κ3) is 5.13. The standard InChI is InChI=1S/C19H27NO/c1-15(2)17-8-10-18(11-9-17)19(21)14-20-13-12-16-6-4-3-5-7-16/h6,8-11,15,20H,3-5,7,12-14H2,1-2H3. The first kappa shape index (κ1) is 16.0. The monoisotopic (exact) mass is 285 g/mol. The summed E-state index contributed by atoms with van der Waals surface area (Å²) in [4.78, 5) is 12.1. The molecule has 0 spiro atoms. The zero-order chi connectivity index (χ0) is 15.1. The van der Waals surface area contributed by atoms with Crippen LogP contribution >= 0.6 is 0 Å². The van der Waals surface area contributed by atoms with Gasteiger partial charge in [0.15, 0.2) is 5.78 Å². The van der Waals surface area contributed by atoms with Gasteiger partial charge in [0, 0.05) is 5.56 Å². The summed E-state index contributed by atoms with van der Waals surface area (Å²) in [6.45, 7) is 5.67. The highest BCUT2D eigenvalue weighted by Crippen LogP contribution is 2.19. The van der Waals surface area contributed by atoms with Crippen LogP contribution < -0.4 is 5.32 Å². The molecule has 1 aliphatic rings. The summed E-state index contributed by atoms with van der Waals surface area (Å²) in [5.74, 6) is 0.693. The number of allylic oxidation sites excluding steroid dienone is 1. The van der Waals surface area contributed by atoms with Crippen molar-refractivity contribution >= 4 is 5.78 Å². The molecule has 0 fully saturated rings. The number of carbonyl (C=O) groups excluding carboxylic acids is 1. The second-order valence-corrected chi connectivity index (χ2v) is 6.23. The van der Waals surface area contributed by atoms with Crippen molar-refractivity contribution in [3.63, 3.8) is 0 Å². The maximum absolute atomic E-state index is 12.1. The van der Waals surface area contributed by atoms with Gasteiger partial charge in [-0.15, -0.1) is 0 Å². The molecule has 2 heteroatoms. The summed E-state index contributed by atoms with van der Waals surface area (Å²) < 4.78 is 0. The van der Waals surface area contributed by atoms with Crippen LogP contribution in [0.2, 0.25) is 0 Å². The first-order valence-corrected chi connectivity index (χ1v) is 8.18. The van der Waals surface area contributed by atoms with E-state index < -0.39 is 0 Å². The van der Waals surface area contributed by atoms with Crippen LogP contribution in [0.15, 0.2) is 35.9 Å². The fraction of sp³-hybridized carbons (Fsp3) is 0.526. The number of hydrogen-bond donors (Lipinski definition) is 1. The molecule has 0 bridgehead atoms. The molecule has 2 nitrogen and oxygen atoms in total. The SMILES string of the molecule is CC(C)c1ccc(C(=O)CNCCC2=CCCCC2)cc1. The predicted octanol–water partition coefficient (Wildman–Crippen LogP) is 4.47. The minimum atomic E-state index is 0.183. The minimum absolute atomic E-state index is 0.183. The van der Waals surface area contributed by atoms with Crippen LogP contribution in [-0.4, -0.2) is 18.9 Å². The van der Waals surface area contributed by atoms with Gasteiger partial charge in [-0.1, -0.05) is 49.8 Å². The molecule has 2 rings (SSSR count). The van der Waals surface area contributed by atoms with Crippen LogP contribution in [0, 0.1) is 0 Å². The fourth-order valence-corrected chi connectivity index (χ4v) is 2.74. The van der Waals surface area contributed by atoms with Gasteiger partial charge < -0.3 is 5.32 Å². The Bertz CT molecular complexity index is 485. The van der Waals surface area contributed by atoms with E-state index >= 15 is 0 Å². The van der Waals surface area contributed by atoms with Gasteiger partial charge in [-0.3, -0.25) is 4.79 Å². The number of carbonyl (C=O) groups is 1. The average Bonchev–Trinajstić information content (AvgIpc) is 2.52. The Hall–Kier alpha value is -1.41. The van der Waals surface area contributed by atoms with E-state index in [4.69, 9.17) is 0 Å². The van der Waals surface area contributed by atoms with Gasteiger partial charge in [0.1, 0.15) is 0 Å². The van der Waals surface area contributed by atoms with Crippen molar-refractivity contribution in [3.05, 3.63) is 47.0 Å². The highest BCUT2D eigenvalue weighted by atomic mass is 16.1. The van der Waals surface area contributed by atoms with Crippen molar-refractivity contribution in [1.82, 2.24) is 5.32 Å². The minimum Gasteiger partial charge on any atom is -0.309 e. The molecular formula is C19H27NO. The lowest BCUT2D eigenvalue weighted by atomic mass is 9.97. The molecular weight excluding hydrogens is 258 g/mol. The van der Waals surface area contributed by atoms with Gasteiger partial charge in [0.25, 0.3) is 0 Å². The lowest BCUT2D eigenvalue weighted by molar-refractivity contribution is 0.0991.